The molecule has 1 heterocycles. The minimum Gasteiger partial charge on any atom is -0.354 e. The van der Waals surface area contributed by atoms with Crippen LogP contribution in [0.3, 0.4) is 0 Å². The minimum absolute atomic E-state index is 0.162. The maximum Gasteiger partial charge on any atom is 0.187 e. The molecule has 0 atom stereocenters. The van der Waals surface area contributed by atoms with Crippen LogP contribution in [0.1, 0.15) is 18.1 Å². The van der Waals surface area contributed by atoms with Gasteiger partial charge in [0.05, 0.1) is 0 Å². The molecule has 60 valence electrons. The second-order valence-electron chi connectivity index (χ2n) is 2.78. The van der Waals surface area contributed by atoms with Gasteiger partial charge in [0.2, 0.25) is 0 Å². The van der Waals surface area contributed by atoms with Crippen LogP contribution < -0.4 is 5.43 Å². The molecule has 0 saturated carbocycles. The summed E-state index contributed by atoms with van der Waals surface area (Å²) < 4.78 is 2.02. The molecule has 0 radical (unpaired) electrons. The van der Waals surface area contributed by atoms with E-state index in [1.165, 1.54) is 0 Å². The van der Waals surface area contributed by atoms with E-state index in [4.69, 9.17) is 0 Å². The van der Waals surface area contributed by atoms with Crippen molar-refractivity contribution in [3.8, 4) is 0 Å². The summed E-state index contributed by atoms with van der Waals surface area (Å²) in [6.45, 7) is 6.67. The SMILES string of the molecule is CCn1cc(C)c(=O)c(C)c1. The van der Waals surface area contributed by atoms with Crippen molar-refractivity contribution >= 4 is 0 Å². The van der Waals surface area contributed by atoms with Crippen molar-refractivity contribution in [1.82, 2.24) is 4.57 Å². The predicted octanol–water partition coefficient (Wildman–Crippen LogP) is 1.49. The zero-order valence-electron chi connectivity index (χ0n) is 7.22. The van der Waals surface area contributed by atoms with Crippen molar-refractivity contribution in [2.75, 3.05) is 0 Å². The zero-order valence-corrected chi connectivity index (χ0v) is 7.22. The Hall–Kier alpha value is -1.05. The molecule has 0 aromatic carbocycles. The Morgan fingerprint density at radius 3 is 2.09 bits per heavy atom. The first-order valence-corrected chi connectivity index (χ1v) is 3.82. The van der Waals surface area contributed by atoms with Crippen LogP contribution in [0.2, 0.25) is 0 Å². The molecule has 0 amide bonds. The monoisotopic (exact) mass is 151 g/mol. The molecule has 0 aliphatic heterocycles. The molecule has 0 saturated heterocycles. The van der Waals surface area contributed by atoms with Crippen LogP contribution in [-0.2, 0) is 6.54 Å². The highest BCUT2D eigenvalue weighted by Gasteiger charge is 1.97. The Balaban J connectivity index is 3.32. The number of aryl methyl sites for hydroxylation is 3. The van der Waals surface area contributed by atoms with Crippen molar-refractivity contribution in [3.05, 3.63) is 33.7 Å². The Bertz CT molecular complexity index is 286. The molecule has 0 fully saturated rings. The fourth-order valence-electron chi connectivity index (χ4n) is 1.15. The van der Waals surface area contributed by atoms with Crippen molar-refractivity contribution in [3.63, 3.8) is 0 Å². The lowest BCUT2D eigenvalue weighted by Crippen LogP contribution is -2.12. The lowest BCUT2D eigenvalue weighted by molar-refractivity contribution is 0.743. The van der Waals surface area contributed by atoms with Crippen molar-refractivity contribution in [1.29, 1.82) is 0 Å². The van der Waals surface area contributed by atoms with Gasteiger partial charge < -0.3 is 4.57 Å². The molecule has 0 spiro atoms. The third-order valence-corrected chi connectivity index (χ3v) is 1.80. The first-order chi connectivity index (χ1) is 5.15. The molecule has 2 heteroatoms. The topological polar surface area (TPSA) is 22.0 Å². The number of rotatable bonds is 1. The van der Waals surface area contributed by atoms with Crippen LogP contribution >= 0.6 is 0 Å². The molecular weight excluding hydrogens is 138 g/mol. The molecular formula is C9H13NO. The average Bonchev–Trinajstić information content (AvgIpc) is 1.99. The largest absolute Gasteiger partial charge is 0.354 e. The quantitative estimate of drug-likeness (QED) is 0.596. The van der Waals surface area contributed by atoms with Gasteiger partial charge >= 0.3 is 0 Å². The molecule has 0 N–H and O–H groups in total. The van der Waals surface area contributed by atoms with Gasteiger partial charge in [-0.2, -0.15) is 0 Å². The van der Waals surface area contributed by atoms with Crippen molar-refractivity contribution in [2.24, 2.45) is 0 Å². The molecule has 0 aliphatic rings. The van der Waals surface area contributed by atoms with Gasteiger partial charge in [-0.05, 0) is 20.8 Å². The summed E-state index contributed by atoms with van der Waals surface area (Å²) in [6.07, 6.45) is 3.77. The highest BCUT2D eigenvalue weighted by atomic mass is 16.1. The van der Waals surface area contributed by atoms with E-state index in [1.807, 2.05) is 30.8 Å². The summed E-state index contributed by atoms with van der Waals surface area (Å²) in [6, 6.07) is 0. The molecule has 1 rings (SSSR count). The maximum absolute atomic E-state index is 11.2. The standard InChI is InChI=1S/C9H13NO/c1-4-10-5-7(2)9(11)8(3)6-10/h5-6H,4H2,1-3H3. The molecule has 1 aromatic rings. The smallest absolute Gasteiger partial charge is 0.187 e. The van der Waals surface area contributed by atoms with Gasteiger partial charge in [-0.3, -0.25) is 4.79 Å². The number of hydrogen-bond acceptors (Lipinski definition) is 1. The fraction of sp³-hybridized carbons (Fsp3) is 0.444. The van der Waals surface area contributed by atoms with Crippen LogP contribution in [0.5, 0.6) is 0 Å². The van der Waals surface area contributed by atoms with Crippen LogP contribution in [0.15, 0.2) is 17.2 Å². The number of hydrogen-bond donors (Lipinski definition) is 0. The van der Waals surface area contributed by atoms with E-state index >= 15 is 0 Å². The maximum atomic E-state index is 11.2. The van der Waals surface area contributed by atoms with E-state index in [-0.39, 0.29) is 5.43 Å². The van der Waals surface area contributed by atoms with E-state index in [9.17, 15) is 4.79 Å². The Kier molecular flexibility index (Phi) is 2.13. The van der Waals surface area contributed by atoms with E-state index in [1.54, 1.807) is 0 Å². The highest BCUT2D eigenvalue weighted by molar-refractivity contribution is 5.16. The molecule has 0 unspecified atom stereocenters. The zero-order chi connectivity index (χ0) is 8.43. The van der Waals surface area contributed by atoms with E-state index in [0.717, 1.165) is 17.7 Å². The normalized spacial score (nSPS) is 10.1. The second kappa shape index (κ2) is 2.91. The lowest BCUT2D eigenvalue weighted by Gasteiger charge is -2.04. The molecule has 1 aromatic heterocycles. The van der Waals surface area contributed by atoms with Gasteiger partial charge in [-0.15, -0.1) is 0 Å². The minimum atomic E-state index is 0.162. The third kappa shape index (κ3) is 1.50. The van der Waals surface area contributed by atoms with Crippen LogP contribution in [0, 0.1) is 13.8 Å². The molecule has 0 aliphatic carbocycles. The van der Waals surface area contributed by atoms with Crippen LogP contribution in [0.25, 0.3) is 0 Å². The number of pyridine rings is 1. The number of nitrogens with zero attached hydrogens (tertiary/aromatic N) is 1. The molecule has 2 nitrogen and oxygen atoms in total. The van der Waals surface area contributed by atoms with Crippen molar-refractivity contribution in [2.45, 2.75) is 27.3 Å². The summed E-state index contributed by atoms with van der Waals surface area (Å²) in [5, 5.41) is 0. The first-order valence-electron chi connectivity index (χ1n) is 3.82. The van der Waals surface area contributed by atoms with Crippen molar-refractivity contribution < 1.29 is 0 Å². The van der Waals surface area contributed by atoms with Gasteiger partial charge in [0.1, 0.15) is 0 Å². The number of aromatic nitrogens is 1. The Morgan fingerprint density at radius 1 is 1.27 bits per heavy atom. The van der Waals surface area contributed by atoms with Crippen LogP contribution in [-0.4, -0.2) is 4.57 Å². The highest BCUT2D eigenvalue weighted by Crippen LogP contribution is 1.94. The fourth-order valence-corrected chi connectivity index (χ4v) is 1.15. The summed E-state index contributed by atoms with van der Waals surface area (Å²) in [4.78, 5) is 11.2. The second-order valence-corrected chi connectivity index (χ2v) is 2.78. The Labute approximate surface area is 66.5 Å². The summed E-state index contributed by atoms with van der Waals surface area (Å²) >= 11 is 0. The van der Waals surface area contributed by atoms with E-state index in [0.29, 0.717) is 0 Å². The van der Waals surface area contributed by atoms with Gasteiger partial charge in [0, 0.05) is 30.1 Å². The summed E-state index contributed by atoms with van der Waals surface area (Å²) in [7, 11) is 0. The van der Waals surface area contributed by atoms with Gasteiger partial charge in [0.15, 0.2) is 5.43 Å². The molecule has 11 heavy (non-hydrogen) atoms. The van der Waals surface area contributed by atoms with Crippen LogP contribution in [0.4, 0.5) is 0 Å². The third-order valence-electron chi connectivity index (χ3n) is 1.80. The van der Waals surface area contributed by atoms with Gasteiger partial charge in [-0.1, -0.05) is 0 Å². The predicted molar refractivity (Wildman–Crippen MR) is 45.9 cm³/mol. The van der Waals surface area contributed by atoms with E-state index < -0.39 is 0 Å². The first kappa shape index (κ1) is 8.05. The summed E-state index contributed by atoms with van der Waals surface area (Å²) in [5.41, 5.74) is 1.81. The van der Waals surface area contributed by atoms with Gasteiger partial charge in [-0.25, -0.2) is 0 Å². The molecule has 0 bridgehead atoms. The average molecular weight is 151 g/mol. The Morgan fingerprint density at radius 2 is 1.73 bits per heavy atom. The van der Waals surface area contributed by atoms with E-state index in [2.05, 4.69) is 6.92 Å². The van der Waals surface area contributed by atoms with Gasteiger partial charge in [0.25, 0.3) is 0 Å². The summed E-state index contributed by atoms with van der Waals surface area (Å²) in [5.74, 6) is 0. The lowest BCUT2D eigenvalue weighted by atomic mass is 10.2.